The minimum absolute atomic E-state index is 0.144. The fourth-order valence-electron chi connectivity index (χ4n) is 2.04. The van der Waals surface area contributed by atoms with Gasteiger partial charge in [0.25, 0.3) is 5.91 Å². The molecule has 134 valence electrons. The highest BCUT2D eigenvalue weighted by atomic mass is 16.2. The van der Waals surface area contributed by atoms with Crippen molar-refractivity contribution in [2.45, 2.75) is 0 Å². The van der Waals surface area contributed by atoms with E-state index in [1.807, 2.05) is 73.6 Å². The van der Waals surface area contributed by atoms with Crippen LogP contribution in [0.15, 0.2) is 65.8 Å². The Morgan fingerprint density at radius 1 is 1.00 bits per heavy atom. The first-order valence-electron chi connectivity index (χ1n) is 8.15. The van der Waals surface area contributed by atoms with Crippen molar-refractivity contribution in [1.29, 1.82) is 0 Å². The molecule has 6 heteroatoms. The molecule has 0 spiro atoms. The number of nitrogens with one attached hydrogen (secondary N) is 2. The highest BCUT2D eigenvalue weighted by molar-refractivity contribution is 5.94. The molecule has 2 aromatic rings. The van der Waals surface area contributed by atoms with E-state index in [2.05, 4.69) is 15.8 Å². The number of benzene rings is 2. The number of nitrogens with zero attached hydrogens (tertiary/aromatic N) is 2. The summed E-state index contributed by atoms with van der Waals surface area (Å²) in [5.74, 6) is -0.736. The average Bonchev–Trinajstić information content (AvgIpc) is 2.66. The van der Waals surface area contributed by atoms with E-state index in [1.54, 1.807) is 12.3 Å². The highest BCUT2D eigenvalue weighted by Gasteiger charge is 2.01. The topological polar surface area (TPSA) is 73.8 Å². The lowest BCUT2D eigenvalue weighted by atomic mass is 10.2. The maximum Gasteiger partial charge on any atom is 0.259 e. The summed E-state index contributed by atoms with van der Waals surface area (Å²) in [6, 6.07) is 17.2. The van der Waals surface area contributed by atoms with E-state index in [4.69, 9.17) is 0 Å². The van der Waals surface area contributed by atoms with E-state index in [1.165, 1.54) is 6.08 Å². The van der Waals surface area contributed by atoms with Gasteiger partial charge in [-0.05, 0) is 29.3 Å². The molecule has 0 fully saturated rings. The zero-order valence-corrected chi connectivity index (χ0v) is 14.8. The molecule has 2 aromatic carbocycles. The zero-order valence-electron chi connectivity index (χ0n) is 14.8. The lowest BCUT2D eigenvalue weighted by Crippen LogP contribution is -2.34. The van der Waals surface area contributed by atoms with Crippen LogP contribution in [0.5, 0.6) is 0 Å². The van der Waals surface area contributed by atoms with Gasteiger partial charge in [0.2, 0.25) is 5.91 Å². The third-order valence-electron chi connectivity index (χ3n) is 3.46. The summed E-state index contributed by atoms with van der Waals surface area (Å²) in [6.45, 7) is -0.144. The predicted molar refractivity (Wildman–Crippen MR) is 105 cm³/mol. The standard InChI is InChI=1S/C20H22N4O2/c1-24(2)18-11-8-17(9-12-18)14-22-23-20(26)15-21-19(25)13-10-16-6-4-3-5-7-16/h3-14H,15H2,1-2H3,(H,21,25)(H,23,26)/b13-10+,22-14-. The molecule has 0 saturated heterocycles. The number of carbonyl (C=O) groups is 2. The molecular weight excluding hydrogens is 328 g/mol. The molecule has 0 heterocycles. The number of hydrazone groups is 1. The molecule has 2 amide bonds. The van der Waals surface area contributed by atoms with Gasteiger partial charge in [-0.25, -0.2) is 5.43 Å². The molecule has 0 radical (unpaired) electrons. The van der Waals surface area contributed by atoms with Gasteiger partial charge in [0, 0.05) is 25.9 Å². The average molecular weight is 350 g/mol. The fraction of sp³-hybridized carbons (Fsp3) is 0.150. The van der Waals surface area contributed by atoms with Gasteiger partial charge in [-0.1, -0.05) is 42.5 Å². The lowest BCUT2D eigenvalue weighted by molar-refractivity contribution is -0.123. The third-order valence-corrected chi connectivity index (χ3v) is 3.46. The molecule has 0 bridgehead atoms. The molecule has 6 nitrogen and oxygen atoms in total. The maximum absolute atomic E-state index is 11.7. The first kappa shape index (κ1) is 18.9. The van der Waals surface area contributed by atoms with Gasteiger partial charge in [-0.15, -0.1) is 0 Å². The SMILES string of the molecule is CN(C)c1ccc(/C=N\NC(=O)CNC(=O)/C=C/c2ccccc2)cc1. The summed E-state index contributed by atoms with van der Waals surface area (Å²) in [5, 5.41) is 6.38. The van der Waals surface area contributed by atoms with E-state index in [9.17, 15) is 9.59 Å². The Balaban J connectivity index is 1.73. The van der Waals surface area contributed by atoms with Gasteiger partial charge in [0.15, 0.2) is 0 Å². The molecule has 0 aromatic heterocycles. The molecule has 2 rings (SSSR count). The Kier molecular flexibility index (Phi) is 7.12. The second kappa shape index (κ2) is 9.78. The molecular formula is C20H22N4O2. The van der Waals surface area contributed by atoms with Crippen molar-refractivity contribution in [2.24, 2.45) is 5.10 Å². The van der Waals surface area contributed by atoms with Crippen molar-refractivity contribution in [2.75, 3.05) is 25.5 Å². The summed E-state index contributed by atoms with van der Waals surface area (Å²) >= 11 is 0. The lowest BCUT2D eigenvalue weighted by Gasteiger charge is -2.11. The number of anilines is 1. The van der Waals surface area contributed by atoms with E-state index >= 15 is 0 Å². The van der Waals surface area contributed by atoms with Gasteiger partial charge in [0.1, 0.15) is 0 Å². The number of carbonyl (C=O) groups excluding carboxylic acids is 2. The minimum atomic E-state index is -0.396. The van der Waals surface area contributed by atoms with Crippen LogP contribution in [-0.4, -0.2) is 38.7 Å². The van der Waals surface area contributed by atoms with E-state index in [-0.39, 0.29) is 12.5 Å². The van der Waals surface area contributed by atoms with Crippen LogP contribution in [0.4, 0.5) is 5.69 Å². The van der Waals surface area contributed by atoms with Crippen LogP contribution in [-0.2, 0) is 9.59 Å². The minimum Gasteiger partial charge on any atom is -0.378 e. The van der Waals surface area contributed by atoms with Crippen molar-refractivity contribution in [1.82, 2.24) is 10.7 Å². The van der Waals surface area contributed by atoms with Crippen molar-refractivity contribution < 1.29 is 9.59 Å². The fourth-order valence-corrected chi connectivity index (χ4v) is 2.04. The normalized spacial score (nSPS) is 10.8. The van der Waals surface area contributed by atoms with Crippen LogP contribution in [0.25, 0.3) is 6.08 Å². The Morgan fingerprint density at radius 3 is 2.35 bits per heavy atom. The van der Waals surface area contributed by atoms with Gasteiger partial charge < -0.3 is 10.2 Å². The number of hydrogen-bond donors (Lipinski definition) is 2. The Bertz CT molecular complexity index is 781. The van der Waals surface area contributed by atoms with E-state index in [0.717, 1.165) is 16.8 Å². The second-order valence-corrected chi connectivity index (χ2v) is 5.74. The van der Waals surface area contributed by atoms with Crippen LogP contribution in [0.2, 0.25) is 0 Å². The Morgan fingerprint density at radius 2 is 1.69 bits per heavy atom. The largest absolute Gasteiger partial charge is 0.378 e. The van der Waals surface area contributed by atoms with Gasteiger partial charge in [-0.2, -0.15) is 5.10 Å². The molecule has 0 atom stereocenters. The number of rotatable bonds is 7. The summed E-state index contributed by atoms with van der Waals surface area (Å²) < 4.78 is 0. The summed E-state index contributed by atoms with van der Waals surface area (Å²) in [7, 11) is 3.93. The van der Waals surface area contributed by atoms with Crippen molar-refractivity contribution in [3.05, 3.63) is 71.8 Å². The first-order valence-corrected chi connectivity index (χ1v) is 8.15. The molecule has 2 N–H and O–H groups in total. The van der Waals surface area contributed by atoms with Crippen LogP contribution < -0.4 is 15.6 Å². The van der Waals surface area contributed by atoms with E-state index < -0.39 is 5.91 Å². The molecule has 26 heavy (non-hydrogen) atoms. The number of amides is 2. The predicted octanol–water partition coefficient (Wildman–Crippen LogP) is 2.03. The van der Waals surface area contributed by atoms with Gasteiger partial charge in [-0.3, -0.25) is 9.59 Å². The highest BCUT2D eigenvalue weighted by Crippen LogP contribution is 2.10. The Labute approximate surface area is 153 Å². The van der Waals surface area contributed by atoms with Crippen LogP contribution >= 0.6 is 0 Å². The summed E-state index contributed by atoms with van der Waals surface area (Å²) in [5.41, 5.74) is 5.24. The maximum atomic E-state index is 11.7. The third kappa shape index (κ3) is 6.60. The molecule has 0 aliphatic rings. The summed E-state index contributed by atoms with van der Waals surface area (Å²) in [6.07, 6.45) is 4.62. The van der Waals surface area contributed by atoms with Crippen LogP contribution in [0, 0.1) is 0 Å². The second-order valence-electron chi connectivity index (χ2n) is 5.74. The quantitative estimate of drug-likeness (QED) is 0.456. The summed E-state index contributed by atoms with van der Waals surface area (Å²) in [4.78, 5) is 25.4. The van der Waals surface area contributed by atoms with E-state index in [0.29, 0.717) is 0 Å². The molecule has 0 saturated carbocycles. The van der Waals surface area contributed by atoms with Crippen molar-refractivity contribution in [3.8, 4) is 0 Å². The van der Waals surface area contributed by atoms with Gasteiger partial charge >= 0.3 is 0 Å². The Hall–Kier alpha value is -3.41. The van der Waals surface area contributed by atoms with Crippen LogP contribution in [0.3, 0.4) is 0 Å². The van der Waals surface area contributed by atoms with Crippen LogP contribution in [0.1, 0.15) is 11.1 Å². The monoisotopic (exact) mass is 350 g/mol. The molecule has 0 aliphatic carbocycles. The van der Waals surface area contributed by atoms with Crippen molar-refractivity contribution in [3.63, 3.8) is 0 Å². The van der Waals surface area contributed by atoms with Gasteiger partial charge in [0.05, 0.1) is 12.8 Å². The smallest absolute Gasteiger partial charge is 0.259 e. The molecule has 0 aliphatic heterocycles. The van der Waals surface area contributed by atoms with Crippen molar-refractivity contribution >= 4 is 29.8 Å². The number of hydrogen-bond acceptors (Lipinski definition) is 4. The zero-order chi connectivity index (χ0) is 18.8. The first-order chi connectivity index (χ1) is 12.5. The molecule has 0 unspecified atom stereocenters.